The molecule has 0 saturated carbocycles. The molecule has 2 amide bonds. The van der Waals surface area contributed by atoms with Crippen LogP contribution in [0.3, 0.4) is 0 Å². The Morgan fingerprint density at radius 2 is 1.74 bits per heavy atom. The van der Waals surface area contributed by atoms with Crippen LogP contribution in [0.15, 0.2) is 77.8 Å². The molecule has 0 bridgehead atoms. The van der Waals surface area contributed by atoms with Crippen molar-refractivity contribution in [1.82, 2.24) is 9.80 Å². The number of nitrogens with one attached hydrogen (secondary N) is 2. The topological polar surface area (TPSA) is 83.8 Å². The largest absolute Gasteiger partial charge is 0.338 e. The van der Waals surface area contributed by atoms with Crippen molar-refractivity contribution in [1.29, 1.82) is 5.26 Å². The molecule has 1 heterocycles. The minimum absolute atomic E-state index is 0.150. The van der Waals surface area contributed by atoms with E-state index in [4.69, 9.17) is 0 Å². The van der Waals surface area contributed by atoms with Crippen molar-refractivity contribution in [2.75, 3.05) is 30.3 Å². The van der Waals surface area contributed by atoms with Gasteiger partial charge in [0.2, 0.25) is 12.2 Å². The van der Waals surface area contributed by atoms with E-state index in [2.05, 4.69) is 15.6 Å². The number of carbonyl (C=O) groups excluding carboxylic acids is 1. The summed E-state index contributed by atoms with van der Waals surface area (Å²) >= 11 is 0. The first-order chi connectivity index (χ1) is 17.0. The maximum Gasteiger partial charge on any atom is 0.322 e. The number of rotatable bonds is 3. The number of halogens is 1. The Morgan fingerprint density at radius 3 is 2.49 bits per heavy atom. The molecule has 1 fully saturated rings. The zero-order valence-electron chi connectivity index (χ0n) is 19.7. The number of guanidine groups is 1. The van der Waals surface area contributed by atoms with Gasteiger partial charge in [-0.3, -0.25) is 0 Å². The number of nitriles is 1. The Bertz CT molecular complexity index is 1270. The number of aliphatic imine (C=N–C) groups is 1. The SMILES string of the molecule is Cc1ccc(F)c(NC(=O)N2CCN(/C(=N\C#N)Nc3ccccc3C)CC2c2ccccc2)c1. The predicted molar refractivity (Wildman–Crippen MR) is 135 cm³/mol. The van der Waals surface area contributed by atoms with Crippen LogP contribution in [0.25, 0.3) is 0 Å². The Kier molecular flexibility index (Phi) is 7.27. The van der Waals surface area contributed by atoms with E-state index < -0.39 is 5.82 Å². The van der Waals surface area contributed by atoms with Gasteiger partial charge in [0.15, 0.2) is 0 Å². The predicted octanol–water partition coefficient (Wildman–Crippen LogP) is 5.28. The second kappa shape index (κ2) is 10.7. The lowest BCUT2D eigenvalue weighted by molar-refractivity contribution is 0.136. The third kappa shape index (κ3) is 5.58. The molecule has 0 aromatic heterocycles. The van der Waals surface area contributed by atoms with Crippen LogP contribution in [-0.4, -0.2) is 41.4 Å². The number of urea groups is 1. The summed E-state index contributed by atoms with van der Waals surface area (Å²) in [6.07, 6.45) is 1.89. The number of carbonyl (C=O) groups is 1. The Balaban J connectivity index is 1.60. The number of para-hydroxylation sites is 1. The fourth-order valence-electron chi connectivity index (χ4n) is 4.16. The highest BCUT2D eigenvalue weighted by molar-refractivity contribution is 5.95. The Labute approximate surface area is 204 Å². The molecule has 178 valence electrons. The van der Waals surface area contributed by atoms with Gasteiger partial charge in [-0.25, -0.2) is 9.18 Å². The van der Waals surface area contributed by atoms with Gasteiger partial charge in [-0.1, -0.05) is 54.6 Å². The molecule has 0 spiro atoms. The average molecular weight is 471 g/mol. The van der Waals surface area contributed by atoms with E-state index in [1.54, 1.807) is 17.0 Å². The number of benzene rings is 3. The number of nitrogens with zero attached hydrogens (tertiary/aromatic N) is 4. The van der Waals surface area contributed by atoms with Crippen molar-refractivity contribution in [2.45, 2.75) is 19.9 Å². The molecule has 1 aliphatic rings. The standard InChI is InChI=1S/C27H27FN6O/c1-19-12-13-22(28)24(16-19)32-27(35)34-15-14-33(17-25(34)21-9-4-3-5-10-21)26(30-18-29)31-23-11-7-6-8-20(23)2/h3-13,16,25H,14-15,17H2,1-2H3,(H,30,31)(H,32,35). The second-order valence-electron chi connectivity index (χ2n) is 8.45. The maximum atomic E-state index is 14.3. The van der Waals surface area contributed by atoms with E-state index in [-0.39, 0.29) is 17.8 Å². The van der Waals surface area contributed by atoms with Crippen molar-refractivity contribution in [3.63, 3.8) is 0 Å². The van der Waals surface area contributed by atoms with Crippen molar-refractivity contribution in [3.05, 3.63) is 95.3 Å². The fourth-order valence-corrected chi connectivity index (χ4v) is 4.16. The summed E-state index contributed by atoms with van der Waals surface area (Å²) in [5, 5.41) is 15.3. The van der Waals surface area contributed by atoms with Crippen LogP contribution in [-0.2, 0) is 0 Å². The van der Waals surface area contributed by atoms with Crippen LogP contribution in [0.4, 0.5) is 20.6 Å². The monoisotopic (exact) mass is 470 g/mol. The molecule has 4 rings (SSSR count). The van der Waals surface area contributed by atoms with E-state index in [0.717, 1.165) is 22.4 Å². The third-order valence-electron chi connectivity index (χ3n) is 6.04. The molecular weight excluding hydrogens is 443 g/mol. The van der Waals surface area contributed by atoms with E-state index >= 15 is 0 Å². The zero-order chi connectivity index (χ0) is 24.8. The molecule has 0 aliphatic carbocycles. The number of hydrogen-bond acceptors (Lipinski definition) is 3. The summed E-state index contributed by atoms with van der Waals surface area (Å²) < 4.78 is 14.3. The van der Waals surface area contributed by atoms with Gasteiger partial charge in [-0.05, 0) is 48.7 Å². The summed E-state index contributed by atoms with van der Waals surface area (Å²) in [5.41, 5.74) is 3.82. The van der Waals surface area contributed by atoms with Crippen molar-refractivity contribution in [2.24, 2.45) is 4.99 Å². The van der Waals surface area contributed by atoms with Crippen LogP contribution >= 0.6 is 0 Å². The molecular formula is C27H27FN6O. The first-order valence-corrected chi connectivity index (χ1v) is 11.4. The van der Waals surface area contributed by atoms with Crippen molar-refractivity contribution < 1.29 is 9.18 Å². The van der Waals surface area contributed by atoms with E-state index in [9.17, 15) is 14.4 Å². The van der Waals surface area contributed by atoms with Gasteiger partial charge in [-0.15, -0.1) is 4.99 Å². The minimum Gasteiger partial charge on any atom is -0.338 e. The van der Waals surface area contributed by atoms with Crippen molar-refractivity contribution in [3.8, 4) is 6.19 Å². The lowest BCUT2D eigenvalue weighted by atomic mass is 10.0. The Morgan fingerprint density at radius 1 is 1.00 bits per heavy atom. The maximum absolute atomic E-state index is 14.3. The summed E-state index contributed by atoms with van der Waals surface area (Å²) in [5.74, 6) is -0.0581. The van der Waals surface area contributed by atoms with Crippen LogP contribution in [0, 0.1) is 31.1 Å². The normalized spacial score (nSPS) is 15.9. The number of amides is 2. The molecule has 3 aromatic carbocycles. The number of hydrogen-bond donors (Lipinski definition) is 2. The summed E-state index contributed by atoms with van der Waals surface area (Å²) in [6.45, 7) is 5.04. The lowest BCUT2D eigenvalue weighted by Crippen LogP contribution is -2.54. The summed E-state index contributed by atoms with van der Waals surface area (Å²) in [4.78, 5) is 21.0. The number of aryl methyl sites for hydroxylation is 2. The van der Waals surface area contributed by atoms with Gasteiger partial charge in [0.1, 0.15) is 5.82 Å². The third-order valence-corrected chi connectivity index (χ3v) is 6.04. The van der Waals surface area contributed by atoms with E-state index in [1.165, 1.54) is 6.07 Å². The highest BCUT2D eigenvalue weighted by atomic mass is 19.1. The lowest BCUT2D eigenvalue weighted by Gasteiger charge is -2.42. The average Bonchev–Trinajstić information content (AvgIpc) is 2.87. The minimum atomic E-state index is -0.482. The molecule has 7 nitrogen and oxygen atoms in total. The number of anilines is 2. The van der Waals surface area contributed by atoms with Gasteiger partial charge in [0.05, 0.1) is 11.7 Å². The molecule has 1 unspecified atom stereocenters. The van der Waals surface area contributed by atoms with Gasteiger partial charge in [-0.2, -0.15) is 5.26 Å². The van der Waals surface area contributed by atoms with Gasteiger partial charge >= 0.3 is 6.03 Å². The quantitative estimate of drug-likeness (QED) is 0.310. The molecule has 0 radical (unpaired) electrons. The number of piperazine rings is 1. The van der Waals surface area contributed by atoms with Gasteiger partial charge < -0.3 is 20.4 Å². The van der Waals surface area contributed by atoms with Crippen LogP contribution in [0.2, 0.25) is 0 Å². The van der Waals surface area contributed by atoms with Gasteiger partial charge in [0, 0.05) is 25.3 Å². The first kappa shape index (κ1) is 23.8. The van der Waals surface area contributed by atoms with Crippen LogP contribution in [0.5, 0.6) is 0 Å². The smallest absolute Gasteiger partial charge is 0.322 e. The van der Waals surface area contributed by atoms with Crippen LogP contribution < -0.4 is 10.6 Å². The van der Waals surface area contributed by atoms with Crippen molar-refractivity contribution >= 4 is 23.4 Å². The first-order valence-electron chi connectivity index (χ1n) is 11.4. The fraction of sp³-hybridized carbons (Fsp3) is 0.222. The molecule has 35 heavy (non-hydrogen) atoms. The highest BCUT2D eigenvalue weighted by Crippen LogP contribution is 2.28. The summed E-state index contributed by atoms with van der Waals surface area (Å²) in [6, 6.07) is 21.3. The molecule has 1 saturated heterocycles. The molecule has 1 aliphatic heterocycles. The van der Waals surface area contributed by atoms with E-state index in [0.29, 0.717) is 25.6 Å². The van der Waals surface area contributed by atoms with Gasteiger partial charge in [0.25, 0.3) is 0 Å². The van der Waals surface area contributed by atoms with Crippen LogP contribution in [0.1, 0.15) is 22.7 Å². The molecule has 8 heteroatoms. The van der Waals surface area contributed by atoms with E-state index in [1.807, 2.05) is 79.5 Å². The summed E-state index contributed by atoms with van der Waals surface area (Å²) in [7, 11) is 0. The zero-order valence-corrected chi connectivity index (χ0v) is 19.7. The Hall–Kier alpha value is -4.38. The molecule has 1 atom stereocenters. The molecule has 2 N–H and O–H groups in total. The highest BCUT2D eigenvalue weighted by Gasteiger charge is 2.33. The molecule has 3 aromatic rings. The second-order valence-corrected chi connectivity index (χ2v) is 8.45.